The van der Waals surface area contributed by atoms with Crippen LogP contribution in [0.4, 0.5) is 5.82 Å². The number of hydrogen-bond donors (Lipinski definition) is 1. The van der Waals surface area contributed by atoms with Gasteiger partial charge in [0.15, 0.2) is 0 Å². The zero-order valence-corrected chi connectivity index (χ0v) is 12.8. The highest BCUT2D eigenvalue weighted by Crippen LogP contribution is 2.32. The fourth-order valence-electron chi connectivity index (χ4n) is 2.82. The Labute approximate surface area is 120 Å². The van der Waals surface area contributed by atoms with Crippen molar-refractivity contribution in [3.05, 3.63) is 17.0 Å². The Bertz CT molecular complexity index is 427. The van der Waals surface area contributed by atoms with Crippen molar-refractivity contribution < 1.29 is 0 Å². The number of hydrogen-bond acceptors (Lipinski definition) is 4. The van der Waals surface area contributed by atoms with Crippen LogP contribution in [0.15, 0.2) is 6.20 Å². The molecule has 0 bridgehead atoms. The number of aromatic nitrogens is 2. The van der Waals surface area contributed by atoms with E-state index in [2.05, 4.69) is 34.3 Å². The van der Waals surface area contributed by atoms with Gasteiger partial charge in [-0.05, 0) is 33.9 Å². The van der Waals surface area contributed by atoms with Crippen molar-refractivity contribution in [1.82, 2.24) is 14.9 Å². The van der Waals surface area contributed by atoms with Crippen molar-refractivity contribution in [3.63, 3.8) is 0 Å². The highest BCUT2D eigenvalue weighted by Gasteiger charge is 2.34. The molecule has 1 aliphatic carbocycles. The van der Waals surface area contributed by atoms with Gasteiger partial charge < -0.3 is 10.2 Å². The predicted molar refractivity (Wildman–Crippen MR) is 79.8 cm³/mol. The van der Waals surface area contributed by atoms with Gasteiger partial charge in [0.1, 0.15) is 16.7 Å². The van der Waals surface area contributed by atoms with Gasteiger partial charge in [-0.3, -0.25) is 0 Å². The van der Waals surface area contributed by atoms with Crippen LogP contribution < -0.4 is 5.32 Å². The van der Waals surface area contributed by atoms with Gasteiger partial charge in [-0.2, -0.15) is 0 Å². The molecule has 4 nitrogen and oxygen atoms in total. The van der Waals surface area contributed by atoms with Crippen molar-refractivity contribution >= 4 is 17.4 Å². The van der Waals surface area contributed by atoms with E-state index < -0.39 is 0 Å². The summed E-state index contributed by atoms with van der Waals surface area (Å²) >= 11 is 6.14. The maximum absolute atomic E-state index is 6.14. The summed E-state index contributed by atoms with van der Waals surface area (Å²) in [5, 5.41) is 4.01. The second-order valence-corrected chi connectivity index (χ2v) is 6.05. The SMILES string of the molecule is Cc1ncc(Cl)c(NCC2(N(C)C)CCCCC2)n1. The van der Waals surface area contributed by atoms with E-state index in [9.17, 15) is 0 Å². The minimum Gasteiger partial charge on any atom is -0.367 e. The molecule has 106 valence electrons. The molecule has 0 amide bonds. The number of likely N-dealkylation sites (N-methyl/N-ethyl adjacent to an activating group) is 1. The van der Waals surface area contributed by atoms with E-state index in [1.807, 2.05) is 6.92 Å². The summed E-state index contributed by atoms with van der Waals surface area (Å²) in [5.41, 5.74) is 0.223. The smallest absolute Gasteiger partial charge is 0.148 e. The molecule has 1 N–H and O–H groups in total. The highest BCUT2D eigenvalue weighted by atomic mass is 35.5. The van der Waals surface area contributed by atoms with E-state index in [0.717, 1.165) is 18.2 Å². The summed E-state index contributed by atoms with van der Waals surface area (Å²) in [5.74, 6) is 1.50. The summed E-state index contributed by atoms with van der Waals surface area (Å²) in [6.45, 7) is 2.76. The minimum atomic E-state index is 0.223. The fraction of sp³-hybridized carbons (Fsp3) is 0.714. The summed E-state index contributed by atoms with van der Waals surface area (Å²) in [6, 6.07) is 0. The van der Waals surface area contributed by atoms with Gasteiger partial charge >= 0.3 is 0 Å². The number of rotatable bonds is 4. The Balaban J connectivity index is 2.08. The van der Waals surface area contributed by atoms with Crippen molar-refractivity contribution in [2.24, 2.45) is 0 Å². The maximum atomic E-state index is 6.14. The first-order valence-corrected chi connectivity index (χ1v) is 7.32. The third-order valence-electron chi connectivity index (χ3n) is 4.18. The number of anilines is 1. The van der Waals surface area contributed by atoms with Crippen molar-refractivity contribution in [2.75, 3.05) is 26.0 Å². The molecule has 1 saturated carbocycles. The third kappa shape index (κ3) is 3.37. The Morgan fingerprint density at radius 3 is 2.63 bits per heavy atom. The fourth-order valence-corrected chi connectivity index (χ4v) is 2.98. The monoisotopic (exact) mass is 282 g/mol. The largest absolute Gasteiger partial charge is 0.367 e. The van der Waals surface area contributed by atoms with E-state index in [1.54, 1.807) is 6.20 Å². The van der Waals surface area contributed by atoms with Crippen LogP contribution in [0, 0.1) is 6.92 Å². The first-order valence-electron chi connectivity index (χ1n) is 6.94. The highest BCUT2D eigenvalue weighted by molar-refractivity contribution is 6.32. The lowest BCUT2D eigenvalue weighted by atomic mass is 9.80. The lowest BCUT2D eigenvalue weighted by Gasteiger charge is -2.43. The Hall–Kier alpha value is -0.870. The molecule has 0 aromatic carbocycles. The van der Waals surface area contributed by atoms with Crippen molar-refractivity contribution in [2.45, 2.75) is 44.6 Å². The molecule has 0 spiro atoms. The van der Waals surface area contributed by atoms with Crippen LogP contribution >= 0.6 is 11.6 Å². The first-order chi connectivity index (χ1) is 9.03. The van der Waals surface area contributed by atoms with Gasteiger partial charge in [0.2, 0.25) is 0 Å². The van der Waals surface area contributed by atoms with Crippen LogP contribution in [0.5, 0.6) is 0 Å². The van der Waals surface area contributed by atoms with E-state index in [-0.39, 0.29) is 5.54 Å². The lowest BCUT2D eigenvalue weighted by molar-refractivity contribution is 0.113. The van der Waals surface area contributed by atoms with Crippen LogP contribution in [0.2, 0.25) is 5.02 Å². The van der Waals surface area contributed by atoms with Crippen LogP contribution in [0.25, 0.3) is 0 Å². The van der Waals surface area contributed by atoms with Crippen LogP contribution in [0.1, 0.15) is 37.9 Å². The van der Waals surface area contributed by atoms with E-state index in [4.69, 9.17) is 11.6 Å². The average Bonchev–Trinajstić information content (AvgIpc) is 2.41. The second-order valence-electron chi connectivity index (χ2n) is 5.65. The zero-order valence-electron chi connectivity index (χ0n) is 12.0. The number of halogens is 1. The van der Waals surface area contributed by atoms with Gasteiger partial charge in [0.25, 0.3) is 0 Å². The minimum absolute atomic E-state index is 0.223. The first kappa shape index (κ1) is 14.5. The summed E-state index contributed by atoms with van der Waals surface area (Å²) in [7, 11) is 4.33. The van der Waals surface area contributed by atoms with Crippen LogP contribution in [0.3, 0.4) is 0 Å². The maximum Gasteiger partial charge on any atom is 0.148 e. The van der Waals surface area contributed by atoms with E-state index >= 15 is 0 Å². The molecule has 0 radical (unpaired) electrons. The molecule has 1 aromatic rings. The number of nitrogens with one attached hydrogen (secondary N) is 1. The summed E-state index contributed by atoms with van der Waals surface area (Å²) in [6.07, 6.45) is 8.08. The normalized spacial score (nSPS) is 18.6. The van der Waals surface area contributed by atoms with Gasteiger partial charge in [-0.15, -0.1) is 0 Å². The Morgan fingerprint density at radius 1 is 1.32 bits per heavy atom. The molecule has 0 unspecified atom stereocenters. The predicted octanol–water partition coefficient (Wildman–Crippen LogP) is 3.11. The van der Waals surface area contributed by atoms with Crippen LogP contribution in [-0.4, -0.2) is 41.0 Å². The lowest BCUT2D eigenvalue weighted by Crippen LogP contribution is -2.51. The van der Waals surface area contributed by atoms with E-state index in [0.29, 0.717) is 5.02 Å². The van der Waals surface area contributed by atoms with Crippen molar-refractivity contribution in [3.8, 4) is 0 Å². The number of nitrogens with zero attached hydrogens (tertiary/aromatic N) is 3. The average molecular weight is 283 g/mol. The molecule has 1 heterocycles. The Morgan fingerprint density at radius 2 is 2.00 bits per heavy atom. The molecule has 5 heteroatoms. The topological polar surface area (TPSA) is 41.1 Å². The van der Waals surface area contributed by atoms with Gasteiger partial charge in [-0.1, -0.05) is 30.9 Å². The Kier molecular flexibility index (Phi) is 4.63. The second kappa shape index (κ2) is 6.06. The molecule has 1 aromatic heterocycles. The van der Waals surface area contributed by atoms with Crippen molar-refractivity contribution in [1.29, 1.82) is 0 Å². The van der Waals surface area contributed by atoms with Gasteiger partial charge in [0, 0.05) is 12.1 Å². The van der Waals surface area contributed by atoms with Gasteiger partial charge in [-0.25, -0.2) is 9.97 Å². The molecule has 1 fully saturated rings. The molecule has 2 rings (SSSR count). The standard InChI is InChI=1S/C14H23ClN4/c1-11-16-9-12(15)13(18-11)17-10-14(19(2)3)7-5-4-6-8-14/h9H,4-8,10H2,1-3H3,(H,16,17,18). The van der Waals surface area contributed by atoms with E-state index in [1.165, 1.54) is 32.1 Å². The molecule has 0 aliphatic heterocycles. The summed E-state index contributed by atoms with van der Waals surface area (Å²) < 4.78 is 0. The quantitative estimate of drug-likeness (QED) is 0.921. The molecule has 0 saturated heterocycles. The van der Waals surface area contributed by atoms with Crippen LogP contribution in [-0.2, 0) is 0 Å². The molecular weight excluding hydrogens is 260 g/mol. The molecule has 19 heavy (non-hydrogen) atoms. The summed E-state index contributed by atoms with van der Waals surface area (Å²) in [4.78, 5) is 10.8. The number of aryl methyl sites for hydroxylation is 1. The molecule has 1 aliphatic rings. The third-order valence-corrected chi connectivity index (χ3v) is 4.46. The zero-order chi connectivity index (χ0) is 13.9. The molecular formula is C14H23ClN4. The van der Waals surface area contributed by atoms with Gasteiger partial charge in [0.05, 0.1) is 6.20 Å². The molecule has 0 atom stereocenters.